The Morgan fingerprint density at radius 1 is 0.600 bits per heavy atom. The van der Waals surface area contributed by atoms with Crippen molar-refractivity contribution >= 4 is 12.4 Å². The van der Waals surface area contributed by atoms with Gasteiger partial charge in [0.05, 0.1) is 40.5 Å². The molecule has 160 valence electrons. The predicted octanol–water partition coefficient (Wildman–Crippen LogP) is 4.57. The third kappa shape index (κ3) is 5.75. The third-order valence-corrected chi connectivity index (χ3v) is 5.27. The maximum Gasteiger partial charge on any atom is 0.123 e. The molecule has 6 heteroatoms. The summed E-state index contributed by atoms with van der Waals surface area (Å²) < 4.78 is 21.4. The minimum Gasteiger partial charge on any atom is -0.497 e. The van der Waals surface area contributed by atoms with Gasteiger partial charge in [0.15, 0.2) is 0 Å². The first-order chi connectivity index (χ1) is 14.6. The third-order valence-electron chi connectivity index (χ3n) is 5.27. The molecule has 1 aliphatic carbocycles. The van der Waals surface area contributed by atoms with Crippen molar-refractivity contribution in [3.63, 3.8) is 0 Å². The highest BCUT2D eigenvalue weighted by Gasteiger charge is 2.23. The molecule has 1 aliphatic rings. The lowest BCUT2D eigenvalue weighted by Crippen LogP contribution is -2.27. The first kappa shape index (κ1) is 21.7. The van der Waals surface area contributed by atoms with Gasteiger partial charge in [-0.3, -0.25) is 9.98 Å². The molecule has 2 aromatic carbocycles. The van der Waals surface area contributed by atoms with Crippen LogP contribution in [0.3, 0.4) is 0 Å². The average Bonchev–Trinajstić information content (AvgIpc) is 2.81. The fourth-order valence-electron chi connectivity index (χ4n) is 3.61. The SMILES string of the molecule is COc1cc(C=N[C@H]2CCCC[C@@H]2N=Cc2cc(OC)cc(OC)c2)cc(OC)c1. The molecule has 1 saturated carbocycles. The molecule has 2 atom stereocenters. The number of aliphatic imine (C=N–C) groups is 2. The van der Waals surface area contributed by atoms with E-state index in [1.807, 2.05) is 48.8 Å². The topological polar surface area (TPSA) is 61.6 Å². The molecule has 0 saturated heterocycles. The molecule has 0 bridgehead atoms. The molecule has 0 spiro atoms. The lowest BCUT2D eigenvalue weighted by atomic mass is 9.91. The summed E-state index contributed by atoms with van der Waals surface area (Å²) in [7, 11) is 6.59. The summed E-state index contributed by atoms with van der Waals surface area (Å²) in [6.45, 7) is 0. The first-order valence-electron chi connectivity index (χ1n) is 10.2. The fraction of sp³-hybridized carbons (Fsp3) is 0.417. The average molecular weight is 411 g/mol. The summed E-state index contributed by atoms with van der Waals surface area (Å²) in [5.74, 6) is 3.00. The van der Waals surface area contributed by atoms with E-state index in [0.717, 1.165) is 47.0 Å². The van der Waals surface area contributed by atoms with Crippen LogP contribution in [-0.4, -0.2) is 53.0 Å². The van der Waals surface area contributed by atoms with Crippen LogP contribution >= 0.6 is 0 Å². The van der Waals surface area contributed by atoms with Gasteiger partial charge < -0.3 is 18.9 Å². The van der Waals surface area contributed by atoms with Gasteiger partial charge in [0, 0.05) is 24.6 Å². The van der Waals surface area contributed by atoms with E-state index in [1.165, 1.54) is 12.8 Å². The van der Waals surface area contributed by atoms with Crippen LogP contribution in [0.5, 0.6) is 23.0 Å². The monoisotopic (exact) mass is 410 g/mol. The van der Waals surface area contributed by atoms with Gasteiger partial charge in [0.1, 0.15) is 23.0 Å². The smallest absolute Gasteiger partial charge is 0.123 e. The van der Waals surface area contributed by atoms with Gasteiger partial charge in [0.25, 0.3) is 0 Å². The van der Waals surface area contributed by atoms with Gasteiger partial charge in [-0.2, -0.15) is 0 Å². The van der Waals surface area contributed by atoms with Crippen LogP contribution < -0.4 is 18.9 Å². The zero-order valence-electron chi connectivity index (χ0n) is 18.1. The summed E-state index contributed by atoms with van der Waals surface area (Å²) in [5, 5.41) is 0. The van der Waals surface area contributed by atoms with Crippen molar-refractivity contribution in [1.29, 1.82) is 0 Å². The fourth-order valence-corrected chi connectivity index (χ4v) is 3.61. The van der Waals surface area contributed by atoms with E-state index in [9.17, 15) is 0 Å². The first-order valence-corrected chi connectivity index (χ1v) is 10.2. The molecule has 0 unspecified atom stereocenters. The van der Waals surface area contributed by atoms with Crippen LogP contribution in [0, 0.1) is 0 Å². The second-order valence-electron chi connectivity index (χ2n) is 7.27. The molecule has 0 aromatic heterocycles. The van der Waals surface area contributed by atoms with E-state index in [1.54, 1.807) is 28.4 Å². The minimum absolute atomic E-state index is 0.152. The van der Waals surface area contributed by atoms with Gasteiger partial charge in [-0.25, -0.2) is 0 Å². The van der Waals surface area contributed by atoms with Gasteiger partial charge in [-0.1, -0.05) is 12.8 Å². The highest BCUT2D eigenvalue weighted by atomic mass is 16.5. The van der Waals surface area contributed by atoms with Crippen LogP contribution in [-0.2, 0) is 0 Å². The normalized spacial score (nSPS) is 19.2. The highest BCUT2D eigenvalue weighted by Crippen LogP contribution is 2.26. The van der Waals surface area contributed by atoms with Gasteiger partial charge in [-0.15, -0.1) is 0 Å². The molecule has 0 N–H and O–H groups in total. The molecule has 0 heterocycles. The largest absolute Gasteiger partial charge is 0.497 e. The second-order valence-corrected chi connectivity index (χ2v) is 7.27. The number of nitrogens with zero attached hydrogens (tertiary/aromatic N) is 2. The maximum atomic E-state index is 5.35. The van der Waals surface area contributed by atoms with Gasteiger partial charge in [0.2, 0.25) is 0 Å². The van der Waals surface area contributed by atoms with E-state index in [4.69, 9.17) is 28.9 Å². The summed E-state index contributed by atoms with van der Waals surface area (Å²) in [6.07, 6.45) is 8.20. The van der Waals surface area contributed by atoms with Crippen molar-refractivity contribution in [2.75, 3.05) is 28.4 Å². The molecule has 2 aromatic rings. The van der Waals surface area contributed by atoms with Crippen LogP contribution in [0.1, 0.15) is 36.8 Å². The number of benzene rings is 2. The Balaban J connectivity index is 1.77. The zero-order chi connectivity index (χ0) is 21.3. The van der Waals surface area contributed by atoms with Crippen molar-refractivity contribution in [2.24, 2.45) is 9.98 Å². The Morgan fingerprint density at radius 3 is 1.23 bits per heavy atom. The summed E-state index contributed by atoms with van der Waals surface area (Å²) >= 11 is 0. The number of methoxy groups -OCH3 is 4. The molecule has 0 radical (unpaired) electrons. The van der Waals surface area contributed by atoms with E-state index < -0.39 is 0 Å². The van der Waals surface area contributed by atoms with Crippen molar-refractivity contribution in [3.05, 3.63) is 47.5 Å². The van der Waals surface area contributed by atoms with Crippen molar-refractivity contribution in [2.45, 2.75) is 37.8 Å². The molecule has 30 heavy (non-hydrogen) atoms. The van der Waals surface area contributed by atoms with Gasteiger partial charge >= 0.3 is 0 Å². The predicted molar refractivity (Wildman–Crippen MR) is 120 cm³/mol. The Kier molecular flexibility index (Phi) is 7.71. The van der Waals surface area contributed by atoms with E-state index in [0.29, 0.717) is 0 Å². The summed E-state index contributed by atoms with van der Waals surface area (Å²) in [5.41, 5.74) is 1.91. The Labute approximate surface area is 178 Å². The highest BCUT2D eigenvalue weighted by molar-refractivity contribution is 5.82. The zero-order valence-corrected chi connectivity index (χ0v) is 18.1. The number of ether oxygens (including phenoxy) is 4. The maximum absolute atomic E-state index is 5.35. The molecule has 1 fully saturated rings. The van der Waals surface area contributed by atoms with Crippen LogP contribution in [0.15, 0.2) is 46.4 Å². The molecule has 3 rings (SSSR count). The van der Waals surface area contributed by atoms with Gasteiger partial charge in [-0.05, 0) is 48.2 Å². The van der Waals surface area contributed by atoms with Crippen LogP contribution in [0.4, 0.5) is 0 Å². The number of hydrogen-bond donors (Lipinski definition) is 0. The molecule has 0 aliphatic heterocycles. The second kappa shape index (κ2) is 10.7. The Hall–Kier alpha value is -3.02. The molecule has 6 nitrogen and oxygen atoms in total. The molecular formula is C24H30N2O4. The Bertz CT molecular complexity index is 777. The van der Waals surface area contributed by atoms with E-state index in [2.05, 4.69) is 0 Å². The number of hydrogen-bond acceptors (Lipinski definition) is 6. The lowest BCUT2D eigenvalue weighted by molar-refractivity contribution is 0.389. The van der Waals surface area contributed by atoms with E-state index in [-0.39, 0.29) is 12.1 Å². The molecular weight excluding hydrogens is 380 g/mol. The van der Waals surface area contributed by atoms with E-state index >= 15 is 0 Å². The summed E-state index contributed by atoms with van der Waals surface area (Å²) in [6, 6.07) is 11.8. The quantitative estimate of drug-likeness (QED) is 0.598. The van der Waals surface area contributed by atoms with Crippen molar-refractivity contribution < 1.29 is 18.9 Å². The lowest BCUT2D eigenvalue weighted by Gasteiger charge is -2.25. The van der Waals surface area contributed by atoms with Crippen LogP contribution in [0.2, 0.25) is 0 Å². The molecule has 0 amide bonds. The Morgan fingerprint density at radius 2 is 0.933 bits per heavy atom. The number of rotatable bonds is 8. The summed E-state index contributed by atoms with van der Waals surface area (Å²) in [4.78, 5) is 9.73. The standard InChI is InChI=1S/C24H30N2O4/c1-27-19-9-17(10-20(13-19)28-2)15-25-23-7-5-6-8-24(23)26-16-18-11-21(29-3)14-22(12-18)30-4/h9-16,23-24H,5-8H2,1-4H3/t23-,24-/m0/s1. The van der Waals surface area contributed by atoms with Crippen LogP contribution in [0.25, 0.3) is 0 Å². The van der Waals surface area contributed by atoms with Crippen molar-refractivity contribution in [3.8, 4) is 23.0 Å². The minimum atomic E-state index is 0.152. The van der Waals surface area contributed by atoms with Crippen molar-refractivity contribution in [1.82, 2.24) is 0 Å².